The maximum absolute atomic E-state index is 12.9. The molecule has 2 heterocycles. The van der Waals surface area contributed by atoms with E-state index in [1.54, 1.807) is 17.9 Å². The number of methoxy groups -OCH3 is 1. The van der Waals surface area contributed by atoms with Crippen molar-refractivity contribution in [2.24, 2.45) is 0 Å². The summed E-state index contributed by atoms with van der Waals surface area (Å²) in [6, 6.07) is 9.49. The Kier molecular flexibility index (Phi) is 4.81. The summed E-state index contributed by atoms with van der Waals surface area (Å²) in [6.07, 6.45) is 3.71. The van der Waals surface area contributed by atoms with Crippen LogP contribution in [0.1, 0.15) is 25.3 Å². The van der Waals surface area contributed by atoms with Gasteiger partial charge < -0.3 is 14.4 Å². The molecule has 0 unspecified atom stereocenters. The summed E-state index contributed by atoms with van der Waals surface area (Å²) in [5, 5.41) is 0. The van der Waals surface area contributed by atoms with E-state index in [-0.39, 0.29) is 12.0 Å². The average molecular weight is 327 g/mol. The Morgan fingerprint density at radius 3 is 2.75 bits per heavy atom. The average Bonchev–Trinajstić information content (AvgIpc) is 3.19. The topological polar surface area (TPSA) is 55.8 Å². The molecule has 0 bridgehead atoms. The number of ether oxygens (including phenoxy) is 2. The molecule has 3 rings (SSSR count). The first kappa shape index (κ1) is 16.5. The molecule has 2 aliphatic rings. The molecular weight excluding hydrogens is 306 g/mol. The second-order valence-corrected chi connectivity index (χ2v) is 5.97. The van der Waals surface area contributed by atoms with Gasteiger partial charge in [-0.05, 0) is 31.4 Å². The largest absolute Gasteiger partial charge is 0.465 e. The van der Waals surface area contributed by atoms with Crippen LogP contribution >= 0.6 is 0 Å². The number of amides is 1. The van der Waals surface area contributed by atoms with Crippen molar-refractivity contribution in [3.63, 3.8) is 0 Å². The summed E-state index contributed by atoms with van der Waals surface area (Å²) in [6.45, 7) is 2.98. The highest BCUT2D eigenvalue weighted by molar-refractivity contribution is 6.16. The molecule has 5 nitrogen and oxygen atoms in total. The molecule has 1 aromatic rings. The number of allylic oxidation sites excluding steroid dienone is 1. The Balaban J connectivity index is 1.96. The van der Waals surface area contributed by atoms with Gasteiger partial charge in [0.05, 0.1) is 30.9 Å². The van der Waals surface area contributed by atoms with E-state index in [1.165, 1.54) is 7.11 Å². The third-order valence-electron chi connectivity index (χ3n) is 4.42. The normalized spacial score (nSPS) is 22.6. The van der Waals surface area contributed by atoms with Gasteiger partial charge in [-0.3, -0.25) is 4.79 Å². The van der Waals surface area contributed by atoms with Crippen molar-refractivity contribution in [3.8, 4) is 0 Å². The maximum atomic E-state index is 12.9. The summed E-state index contributed by atoms with van der Waals surface area (Å²) in [4.78, 5) is 26.7. The molecule has 126 valence electrons. The molecule has 0 radical (unpaired) electrons. The fraction of sp³-hybridized carbons (Fsp3) is 0.368. The Hall–Kier alpha value is -2.40. The lowest BCUT2D eigenvalue weighted by atomic mass is 10.0. The maximum Gasteiger partial charge on any atom is 0.340 e. The van der Waals surface area contributed by atoms with Crippen LogP contribution in [0.5, 0.6) is 0 Å². The standard InChI is InChI=1S/C19H21NO4/c1-13-17(19(22)23-2)16(11-14-7-4-3-5-8-14)18(21)20(13)12-15-9-6-10-24-15/h3-5,7-8,11,15H,6,9-10,12H2,1-2H3/b16-11-/t15-/m0/s1. The van der Waals surface area contributed by atoms with Crippen molar-refractivity contribution >= 4 is 18.0 Å². The van der Waals surface area contributed by atoms with Crippen LogP contribution in [-0.4, -0.2) is 43.1 Å². The smallest absolute Gasteiger partial charge is 0.340 e. The van der Waals surface area contributed by atoms with E-state index in [0.717, 1.165) is 25.0 Å². The van der Waals surface area contributed by atoms with Gasteiger partial charge in [-0.25, -0.2) is 4.79 Å². The third kappa shape index (κ3) is 3.12. The zero-order valence-corrected chi connectivity index (χ0v) is 14.0. The van der Waals surface area contributed by atoms with E-state index >= 15 is 0 Å². The molecule has 0 saturated carbocycles. The highest BCUT2D eigenvalue weighted by Crippen LogP contribution is 2.32. The number of rotatable bonds is 4. The molecule has 0 aliphatic carbocycles. The van der Waals surface area contributed by atoms with E-state index in [0.29, 0.717) is 23.4 Å². The van der Waals surface area contributed by atoms with Crippen LogP contribution in [0.2, 0.25) is 0 Å². The Morgan fingerprint density at radius 1 is 1.38 bits per heavy atom. The molecule has 1 fully saturated rings. The number of hydrogen-bond donors (Lipinski definition) is 0. The van der Waals surface area contributed by atoms with E-state index in [1.807, 2.05) is 30.3 Å². The molecular formula is C19H21NO4. The number of nitrogens with zero attached hydrogens (tertiary/aromatic N) is 1. The zero-order valence-electron chi connectivity index (χ0n) is 14.0. The second kappa shape index (κ2) is 7.01. The van der Waals surface area contributed by atoms with Crippen LogP contribution in [0.3, 0.4) is 0 Å². The summed E-state index contributed by atoms with van der Waals surface area (Å²) < 4.78 is 10.5. The first-order valence-corrected chi connectivity index (χ1v) is 8.11. The van der Waals surface area contributed by atoms with Crippen molar-refractivity contribution < 1.29 is 19.1 Å². The number of hydrogen-bond acceptors (Lipinski definition) is 4. The minimum absolute atomic E-state index is 0.0267. The fourth-order valence-corrected chi connectivity index (χ4v) is 3.16. The van der Waals surface area contributed by atoms with E-state index in [9.17, 15) is 9.59 Å². The second-order valence-electron chi connectivity index (χ2n) is 5.97. The van der Waals surface area contributed by atoms with Crippen LogP contribution in [-0.2, 0) is 19.1 Å². The predicted molar refractivity (Wildman–Crippen MR) is 89.8 cm³/mol. The van der Waals surface area contributed by atoms with Crippen molar-refractivity contribution in [2.45, 2.75) is 25.9 Å². The molecule has 0 N–H and O–H groups in total. The van der Waals surface area contributed by atoms with E-state index in [2.05, 4.69) is 0 Å². The monoisotopic (exact) mass is 327 g/mol. The lowest BCUT2D eigenvalue weighted by Crippen LogP contribution is -2.33. The van der Waals surface area contributed by atoms with Crippen molar-refractivity contribution in [2.75, 3.05) is 20.3 Å². The summed E-state index contributed by atoms with van der Waals surface area (Å²) in [7, 11) is 1.33. The van der Waals surface area contributed by atoms with Gasteiger partial charge in [0, 0.05) is 12.3 Å². The minimum Gasteiger partial charge on any atom is -0.465 e. The molecule has 1 atom stereocenters. The van der Waals surface area contributed by atoms with Crippen LogP contribution < -0.4 is 0 Å². The van der Waals surface area contributed by atoms with Gasteiger partial charge in [0.1, 0.15) is 0 Å². The summed E-state index contributed by atoms with van der Waals surface area (Å²) in [5.41, 5.74) is 2.21. The van der Waals surface area contributed by atoms with Gasteiger partial charge in [-0.1, -0.05) is 30.3 Å². The lowest BCUT2D eigenvalue weighted by Gasteiger charge is -2.21. The van der Waals surface area contributed by atoms with Crippen molar-refractivity contribution in [1.29, 1.82) is 0 Å². The highest BCUT2D eigenvalue weighted by atomic mass is 16.5. The third-order valence-corrected chi connectivity index (χ3v) is 4.42. The zero-order chi connectivity index (χ0) is 17.1. The molecule has 1 aromatic carbocycles. The van der Waals surface area contributed by atoms with Crippen molar-refractivity contribution in [1.82, 2.24) is 4.90 Å². The number of esters is 1. The molecule has 2 aliphatic heterocycles. The quantitative estimate of drug-likeness (QED) is 0.630. The minimum atomic E-state index is -0.488. The molecule has 0 aromatic heterocycles. The Labute approximate surface area is 141 Å². The van der Waals surface area contributed by atoms with Crippen LogP contribution in [0.4, 0.5) is 0 Å². The van der Waals surface area contributed by atoms with E-state index < -0.39 is 5.97 Å². The van der Waals surface area contributed by atoms with Gasteiger partial charge in [-0.2, -0.15) is 0 Å². The first-order chi connectivity index (χ1) is 11.6. The Bertz CT molecular complexity index is 699. The number of carbonyl (C=O) groups excluding carboxylic acids is 2. The lowest BCUT2D eigenvalue weighted by molar-refractivity contribution is -0.136. The fourth-order valence-electron chi connectivity index (χ4n) is 3.16. The molecule has 1 amide bonds. The van der Waals surface area contributed by atoms with Crippen LogP contribution in [0.25, 0.3) is 6.08 Å². The predicted octanol–water partition coefficient (Wildman–Crippen LogP) is 2.54. The van der Waals surface area contributed by atoms with Crippen LogP contribution in [0, 0.1) is 0 Å². The van der Waals surface area contributed by atoms with Gasteiger partial charge in [0.25, 0.3) is 5.91 Å². The van der Waals surface area contributed by atoms with Gasteiger partial charge in [0.2, 0.25) is 0 Å². The molecule has 0 spiro atoms. The summed E-state index contributed by atoms with van der Waals surface area (Å²) >= 11 is 0. The van der Waals surface area contributed by atoms with Gasteiger partial charge in [0.15, 0.2) is 0 Å². The molecule has 5 heteroatoms. The van der Waals surface area contributed by atoms with Gasteiger partial charge >= 0.3 is 5.97 Å². The first-order valence-electron chi connectivity index (χ1n) is 8.11. The molecule has 1 saturated heterocycles. The SMILES string of the molecule is COC(=O)C1=C(C)N(C[C@@H]2CCCO2)C(=O)/C1=C\c1ccccc1. The number of carbonyl (C=O) groups is 2. The van der Waals surface area contributed by atoms with Crippen LogP contribution in [0.15, 0.2) is 47.2 Å². The van der Waals surface area contributed by atoms with Crippen molar-refractivity contribution in [3.05, 3.63) is 52.7 Å². The Morgan fingerprint density at radius 2 is 2.12 bits per heavy atom. The van der Waals surface area contributed by atoms with Gasteiger partial charge in [-0.15, -0.1) is 0 Å². The molecule has 24 heavy (non-hydrogen) atoms. The number of benzene rings is 1. The van der Waals surface area contributed by atoms with E-state index in [4.69, 9.17) is 9.47 Å². The summed E-state index contributed by atoms with van der Waals surface area (Å²) in [5.74, 6) is -0.662. The highest BCUT2D eigenvalue weighted by Gasteiger charge is 2.38.